The van der Waals surface area contributed by atoms with E-state index in [0.29, 0.717) is 12.2 Å². The Morgan fingerprint density at radius 2 is 1.97 bits per heavy atom. The van der Waals surface area contributed by atoms with Gasteiger partial charge < -0.3 is 9.14 Å². The highest BCUT2D eigenvalue weighted by Gasteiger charge is 2.20. The van der Waals surface area contributed by atoms with Crippen molar-refractivity contribution in [3.05, 3.63) is 59.4 Å². The second-order valence-electron chi connectivity index (χ2n) is 6.45. The van der Waals surface area contributed by atoms with Crippen LogP contribution in [0, 0.1) is 18.3 Å². The van der Waals surface area contributed by atoms with E-state index in [4.69, 9.17) is 4.74 Å². The number of fused-ring (bicyclic) bond motifs is 1. The summed E-state index contributed by atoms with van der Waals surface area (Å²) in [6.07, 6.45) is 1.90. The number of carbonyl (C=O) groups is 1. The summed E-state index contributed by atoms with van der Waals surface area (Å²) < 4.78 is 33.2. The van der Waals surface area contributed by atoms with Crippen LogP contribution < -0.4 is 4.72 Å². The Balaban J connectivity index is 2.05. The van der Waals surface area contributed by atoms with Crippen molar-refractivity contribution >= 4 is 33.3 Å². The van der Waals surface area contributed by atoms with Crippen LogP contribution in [-0.2, 0) is 26.0 Å². The maximum Gasteiger partial charge on any atom is 0.311 e. The number of esters is 1. The summed E-state index contributed by atoms with van der Waals surface area (Å²) in [5.41, 5.74) is 3.03. The Morgan fingerprint density at radius 1 is 1.27 bits per heavy atom. The van der Waals surface area contributed by atoms with Gasteiger partial charge in [0.15, 0.2) is 0 Å². The van der Waals surface area contributed by atoms with Crippen molar-refractivity contribution in [2.45, 2.75) is 35.0 Å². The molecule has 0 radical (unpaired) electrons. The van der Waals surface area contributed by atoms with Crippen LogP contribution in [0.4, 0.5) is 0 Å². The molecule has 30 heavy (non-hydrogen) atoms. The van der Waals surface area contributed by atoms with Crippen LogP contribution >= 0.6 is 11.8 Å². The van der Waals surface area contributed by atoms with E-state index in [-0.39, 0.29) is 17.3 Å². The molecule has 0 aliphatic rings. The second-order valence-corrected chi connectivity index (χ2v) is 9.42. The largest absolute Gasteiger partial charge is 0.466 e. The van der Waals surface area contributed by atoms with Gasteiger partial charge in [0.05, 0.1) is 35.1 Å². The number of nitrogens with zero attached hydrogens (tertiary/aromatic N) is 2. The minimum absolute atomic E-state index is 0.118. The molecule has 3 rings (SSSR count). The quantitative estimate of drug-likeness (QED) is 0.563. The molecule has 0 spiro atoms. The number of rotatable bonds is 7. The van der Waals surface area contributed by atoms with E-state index < -0.39 is 10.0 Å². The molecular formula is C21H21N3O4S2. The van der Waals surface area contributed by atoms with E-state index in [2.05, 4.69) is 10.8 Å². The van der Waals surface area contributed by atoms with Gasteiger partial charge in [0.1, 0.15) is 0 Å². The van der Waals surface area contributed by atoms with Gasteiger partial charge in [-0.15, -0.1) is 0 Å². The third kappa shape index (κ3) is 4.36. The average Bonchev–Trinajstić information content (AvgIpc) is 2.99. The van der Waals surface area contributed by atoms with Gasteiger partial charge in [0.2, 0.25) is 10.0 Å². The summed E-state index contributed by atoms with van der Waals surface area (Å²) in [5, 5.41) is 9.30. The molecule has 0 atom stereocenters. The Hall–Kier alpha value is -2.80. The fourth-order valence-corrected chi connectivity index (χ4v) is 4.87. The van der Waals surface area contributed by atoms with Crippen LogP contribution in [0.3, 0.4) is 0 Å². The summed E-state index contributed by atoms with van der Waals surface area (Å²) in [4.78, 5) is 14.0. The maximum absolute atomic E-state index is 12.1. The zero-order chi connectivity index (χ0) is 21.9. The average molecular weight is 444 g/mol. The van der Waals surface area contributed by atoms with Crippen LogP contribution in [0.25, 0.3) is 5.52 Å². The molecule has 2 heterocycles. The molecule has 1 aromatic carbocycles. The summed E-state index contributed by atoms with van der Waals surface area (Å²) in [6.45, 7) is 4.00. The lowest BCUT2D eigenvalue weighted by molar-refractivity contribution is -0.142. The van der Waals surface area contributed by atoms with Crippen LogP contribution in [0.15, 0.2) is 57.3 Å². The number of sulfonamides is 1. The topological polar surface area (TPSA) is 101 Å². The first-order valence-corrected chi connectivity index (χ1v) is 11.5. The number of benzene rings is 1. The van der Waals surface area contributed by atoms with E-state index in [9.17, 15) is 18.5 Å². The smallest absolute Gasteiger partial charge is 0.311 e. The predicted octanol–water partition coefficient (Wildman–Crippen LogP) is 3.28. The predicted molar refractivity (Wildman–Crippen MR) is 114 cm³/mol. The molecule has 156 valence electrons. The molecule has 0 aliphatic carbocycles. The first kappa shape index (κ1) is 21.9. The minimum atomic E-state index is -3.51. The van der Waals surface area contributed by atoms with Crippen LogP contribution in [-0.4, -0.2) is 32.4 Å². The highest BCUT2D eigenvalue weighted by molar-refractivity contribution is 7.99. The normalized spacial score (nSPS) is 11.4. The van der Waals surface area contributed by atoms with Gasteiger partial charge in [-0.1, -0.05) is 11.8 Å². The van der Waals surface area contributed by atoms with Crippen molar-refractivity contribution in [3.8, 4) is 6.07 Å². The Bertz CT molecular complexity index is 1240. The van der Waals surface area contributed by atoms with Crippen molar-refractivity contribution in [1.29, 1.82) is 5.26 Å². The summed E-state index contributed by atoms with van der Waals surface area (Å²) in [6, 6.07) is 12.2. The fourth-order valence-electron chi connectivity index (χ4n) is 3.10. The van der Waals surface area contributed by atoms with Crippen molar-refractivity contribution in [1.82, 2.24) is 9.12 Å². The lowest BCUT2D eigenvalue weighted by atomic mass is 10.2. The highest BCUT2D eigenvalue weighted by atomic mass is 32.2. The molecule has 7 nitrogen and oxygen atoms in total. The van der Waals surface area contributed by atoms with E-state index in [0.717, 1.165) is 26.6 Å². The highest BCUT2D eigenvalue weighted by Crippen LogP contribution is 2.38. The van der Waals surface area contributed by atoms with Gasteiger partial charge in [0.25, 0.3) is 0 Å². The van der Waals surface area contributed by atoms with Gasteiger partial charge in [-0.25, -0.2) is 13.1 Å². The van der Waals surface area contributed by atoms with Gasteiger partial charge in [-0.2, -0.15) is 5.26 Å². The molecule has 0 bridgehead atoms. The molecule has 0 fully saturated rings. The number of ether oxygens (including phenoxy) is 1. The molecule has 0 unspecified atom stereocenters. The molecule has 3 aromatic rings. The third-order valence-corrected chi connectivity index (χ3v) is 7.28. The minimum Gasteiger partial charge on any atom is -0.466 e. The van der Waals surface area contributed by atoms with Gasteiger partial charge in [-0.05, 0) is 62.9 Å². The van der Waals surface area contributed by atoms with E-state index >= 15 is 0 Å². The molecule has 0 saturated heterocycles. The van der Waals surface area contributed by atoms with Crippen LogP contribution in [0.5, 0.6) is 0 Å². The van der Waals surface area contributed by atoms with Gasteiger partial charge >= 0.3 is 5.97 Å². The molecule has 9 heteroatoms. The zero-order valence-electron chi connectivity index (χ0n) is 16.8. The lowest BCUT2D eigenvalue weighted by Gasteiger charge is -2.05. The summed E-state index contributed by atoms with van der Waals surface area (Å²) in [5.74, 6) is -0.317. The van der Waals surface area contributed by atoms with Crippen molar-refractivity contribution in [2.75, 3.05) is 13.7 Å². The Morgan fingerprint density at radius 3 is 2.57 bits per heavy atom. The van der Waals surface area contributed by atoms with Crippen LogP contribution in [0.2, 0.25) is 0 Å². The number of pyridine rings is 1. The van der Waals surface area contributed by atoms with Crippen molar-refractivity contribution < 1.29 is 17.9 Å². The fraction of sp³-hybridized carbons (Fsp3) is 0.238. The maximum atomic E-state index is 12.1. The first-order chi connectivity index (χ1) is 14.3. The summed E-state index contributed by atoms with van der Waals surface area (Å²) in [7, 11) is -2.14. The third-order valence-electron chi connectivity index (χ3n) is 4.62. The lowest BCUT2D eigenvalue weighted by Crippen LogP contribution is -2.18. The number of nitriles is 1. The van der Waals surface area contributed by atoms with E-state index in [1.54, 1.807) is 49.5 Å². The van der Waals surface area contributed by atoms with Gasteiger partial charge in [0, 0.05) is 21.7 Å². The number of carbonyl (C=O) groups excluding carboxylic acids is 1. The van der Waals surface area contributed by atoms with E-state index in [1.807, 2.05) is 11.3 Å². The Kier molecular flexibility index (Phi) is 6.51. The molecule has 2 aromatic heterocycles. The number of aromatic nitrogens is 1. The Labute approximate surface area is 179 Å². The number of hydrogen-bond acceptors (Lipinski definition) is 6. The van der Waals surface area contributed by atoms with Crippen molar-refractivity contribution in [2.24, 2.45) is 0 Å². The first-order valence-electron chi connectivity index (χ1n) is 9.21. The van der Waals surface area contributed by atoms with Crippen LogP contribution in [0.1, 0.15) is 23.7 Å². The number of hydrogen-bond donors (Lipinski definition) is 1. The molecule has 0 amide bonds. The monoisotopic (exact) mass is 443 g/mol. The zero-order valence-corrected chi connectivity index (χ0v) is 18.4. The molecular weight excluding hydrogens is 422 g/mol. The molecule has 0 aliphatic heterocycles. The molecule has 0 saturated carbocycles. The van der Waals surface area contributed by atoms with Gasteiger partial charge in [-0.3, -0.25) is 4.79 Å². The van der Waals surface area contributed by atoms with E-state index in [1.165, 1.54) is 18.8 Å². The standard InChI is InChI=1S/C21H21N3O4S2/c1-4-28-20(25)12-18-14(2)21(19-11-15(13-22)9-10-24(18)19)29-16-5-7-17(8-6-16)30(26,27)23-3/h5-11,23H,4,12H2,1-3H3. The SMILES string of the molecule is CCOC(=O)Cc1c(C)c(Sc2ccc(S(=O)(=O)NC)cc2)c2cc(C#N)ccn12. The summed E-state index contributed by atoms with van der Waals surface area (Å²) >= 11 is 1.45. The molecule has 1 N–H and O–H groups in total. The van der Waals surface area contributed by atoms with Crippen molar-refractivity contribution in [3.63, 3.8) is 0 Å². The number of nitrogens with one attached hydrogen (secondary N) is 1. The second kappa shape index (κ2) is 8.92.